The summed E-state index contributed by atoms with van der Waals surface area (Å²) in [5.41, 5.74) is 5.34. The van der Waals surface area contributed by atoms with Gasteiger partial charge < -0.3 is 70.1 Å². The van der Waals surface area contributed by atoms with Crippen molar-refractivity contribution in [3.05, 3.63) is 0 Å². The van der Waals surface area contributed by atoms with Crippen LogP contribution in [0.2, 0.25) is 0 Å². The zero-order valence-corrected chi connectivity index (χ0v) is 18.1. The topological polar surface area (TPSA) is 232 Å². The number of aliphatic hydroxyl groups excluding tert-OH is 6. The Bertz CT molecular complexity index is 588. The van der Waals surface area contributed by atoms with Crippen LogP contribution >= 0.6 is 0 Å². The number of aliphatic hydroxyl groups is 6. The summed E-state index contributed by atoms with van der Waals surface area (Å²) in [5, 5.41) is 62.8. The van der Waals surface area contributed by atoms with E-state index in [0.717, 1.165) is 0 Å². The summed E-state index contributed by atoms with van der Waals surface area (Å²) >= 11 is 0. The van der Waals surface area contributed by atoms with Gasteiger partial charge in [0, 0.05) is 13.6 Å². The Hall–Kier alpha value is -1.21. The summed E-state index contributed by atoms with van der Waals surface area (Å²) in [6, 6.07) is 0. The third-order valence-corrected chi connectivity index (χ3v) is 5.16. The highest BCUT2D eigenvalue weighted by Crippen LogP contribution is 2.30. The second-order valence-corrected chi connectivity index (χ2v) is 7.41. The monoisotopic (exact) mass is 486 g/mol. The molecule has 1 unspecified atom stereocenters. The van der Waals surface area contributed by atoms with Crippen LogP contribution in [0.25, 0.3) is 0 Å². The van der Waals surface area contributed by atoms with Gasteiger partial charge in [0.25, 0.3) is 0 Å². The largest absolute Gasteiger partial charge is 0.440 e. The predicted octanol–water partition coefficient (Wildman–Crippen LogP) is -5.03. The molecule has 2 fully saturated rings. The first kappa shape index (κ1) is 28.0. The standard InChI is InChI=1S/C18H34N2O13/c1-20-18(27)33-14-11(24)9(7-22)30-16(13(14)26)32-15-12(25)10(23)8(6-21)31-17(15)29-5-4-28-3-2-19/h8-17,21-26H,2-7,19H2,1H3,(H,20,27)/t8-,9+,10+,11+,12-,13-,14-,15-,16+,17?/m0/s1. The Balaban J connectivity index is 2.16. The third kappa shape index (κ3) is 7.14. The van der Waals surface area contributed by atoms with Crippen LogP contribution in [0.4, 0.5) is 4.79 Å². The van der Waals surface area contributed by atoms with E-state index in [2.05, 4.69) is 5.32 Å². The molecule has 33 heavy (non-hydrogen) atoms. The van der Waals surface area contributed by atoms with Gasteiger partial charge >= 0.3 is 6.09 Å². The van der Waals surface area contributed by atoms with Crippen LogP contribution < -0.4 is 11.1 Å². The molecule has 1 amide bonds. The summed E-state index contributed by atoms with van der Waals surface area (Å²) < 4.78 is 32.2. The van der Waals surface area contributed by atoms with E-state index in [0.29, 0.717) is 6.54 Å². The van der Waals surface area contributed by atoms with Crippen molar-refractivity contribution < 1.29 is 63.9 Å². The molecule has 0 aromatic rings. The number of ether oxygens (including phenoxy) is 6. The van der Waals surface area contributed by atoms with Gasteiger partial charge in [-0.3, -0.25) is 0 Å². The maximum atomic E-state index is 11.6. The van der Waals surface area contributed by atoms with E-state index in [1.54, 1.807) is 0 Å². The number of hydrogen-bond donors (Lipinski definition) is 8. The molecule has 15 nitrogen and oxygen atoms in total. The van der Waals surface area contributed by atoms with Crippen molar-refractivity contribution in [3.8, 4) is 0 Å². The van der Waals surface area contributed by atoms with Crippen LogP contribution in [0.15, 0.2) is 0 Å². The highest BCUT2D eigenvalue weighted by Gasteiger charge is 2.52. The predicted molar refractivity (Wildman–Crippen MR) is 106 cm³/mol. The fourth-order valence-corrected chi connectivity index (χ4v) is 3.39. The summed E-state index contributed by atoms with van der Waals surface area (Å²) in [7, 11) is 1.27. The van der Waals surface area contributed by atoms with E-state index in [9.17, 15) is 35.4 Å². The number of nitrogens with two attached hydrogens (primary N) is 1. The lowest BCUT2D eigenvalue weighted by atomic mass is 9.97. The van der Waals surface area contributed by atoms with Crippen molar-refractivity contribution >= 4 is 6.09 Å². The van der Waals surface area contributed by atoms with E-state index < -0.39 is 80.7 Å². The van der Waals surface area contributed by atoms with Gasteiger partial charge in [0.2, 0.25) is 0 Å². The van der Waals surface area contributed by atoms with Gasteiger partial charge in [-0.25, -0.2) is 4.79 Å². The second kappa shape index (κ2) is 13.6. The highest BCUT2D eigenvalue weighted by molar-refractivity contribution is 5.67. The lowest BCUT2D eigenvalue weighted by Gasteiger charge is -2.46. The lowest BCUT2D eigenvalue weighted by Crippen LogP contribution is -2.65. The molecule has 2 saturated heterocycles. The normalized spacial score (nSPS) is 39.3. The first-order valence-electron chi connectivity index (χ1n) is 10.5. The molecule has 0 bridgehead atoms. The molecule has 0 aliphatic carbocycles. The summed E-state index contributed by atoms with van der Waals surface area (Å²) in [6.45, 7) is -0.654. The molecular formula is C18H34N2O13. The molecule has 9 N–H and O–H groups in total. The van der Waals surface area contributed by atoms with Gasteiger partial charge in [0.1, 0.15) is 42.7 Å². The van der Waals surface area contributed by atoms with Crippen molar-refractivity contribution in [2.24, 2.45) is 5.73 Å². The third-order valence-electron chi connectivity index (χ3n) is 5.16. The Morgan fingerprint density at radius 1 is 0.879 bits per heavy atom. The van der Waals surface area contributed by atoms with Crippen molar-refractivity contribution in [1.29, 1.82) is 0 Å². The van der Waals surface area contributed by atoms with Gasteiger partial charge in [0.05, 0.1) is 33.0 Å². The van der Waals surface area contributed by atoms with Crippen LogP contribution in [0.3, 0.4) is 0 Å². The van der Waals surface area contributed by atoms with Crippen LogP contribution in [0.5, 0.6) is 0 Å². The zero-order chi connectivity index (χ0) is 24.5. The van der Waals surface area contributed by atoms with Gasteiger partial charge in [-0.1, -0.05) is 0 Å². The molecule has 2 heterocycles. The van der Waals surface area contributed by atoms with E-state index in [4.69, 9.17) is 34.2 Å². The van der Waals surface area contributed by atoms with Gasteiger partial charge in [0.15, 0.2) is 18.7 Å². The molecule has 15 heteroatoms. The van der Waals surface area contributed by atoms with Crippen molar-refractivity contribution in [2.75, 3.05) is 46.6 Å². The van der Waals surface area contributed by atoms with Crippen LogP contribution in [0.1, 0.15) is 0 Å². The Morgan fingerprint density at radius 3 is 2.12 bits per heavy atom. The minimum Gasteiger partial charge on any atom is -0.440 e. The maximum absolute atomic E-state index is 11.6. The molecule has 0 aromatic heterocycles. The first-order chi connectivity index (χ1) is 15.8. The van der Waals surface area contributed by atoms with Gasteiger partial charge in [-0.05, 0) is 0 Å². The molecule has 0 spiro atoms. The minimum atomic E-state index is -1.76. The van der Waals surface area contributed by atoms with E-state index in [1.165, 1.54) is 7.05 Å². The molecule has 10 atom stereocenters. The number of carbonyl (C=O) groups excluding carboxylic acids is 1. The summed E-state index contributed by atoms with van der Waals surface area (Å²) in [6.07, 6.45) is -16.0. The first-order valence-corrected chi connectivity index (χ1v) is 10.5. The van der Waals surface area contributed by atoms with Gasteiger partial charge in [-0.2, -0.15) is 0 Å². The number of alkyl carbamates (subject to hydrolysis) is 1. The summed E-state index contributed by atoms with van der Waals surface area (Å²) in [4.78, 5) is 11.6. The molecule has 2 aliphatic heterocycles. The number of rotatable bonds is 11. The number of carbonyl (C=O) groups is 1. The smallest absolute Gasteiger partial charge is 0.407 e. The van der Waals surface area contributed by atoms with Crippen molar-refractivity contribution in [3.63, 3.8) is 0 Å². The van der Waals surface area contributed by atoms with E-state index >= 15 is 0 Å². The fourth-order valence-electron chi connectivity index (χ4n) is 3.39. The molecule has 194 valence electrons. The number of hydrogen-bond acceptors (Lipinski definition) is 14. The Morgan fingerprint density at radius 2 is 1.52 bits per heavy atom. The molecule has 0 saturated carbocycles. The SMILES string of the molecule is CNC(=O)O[C@@H]1[C@H](O)[C@@H](O[C@@H]2C(OCCOCCN)O[C@@H](CO)[C@@H](O)[C@@H]2O)O[C@H](CO)[C@H]1O. The molecule has 2 aliphatic rings. The molecule has 0 aromatic carbocycles. The molecular weight excluding hydrogens is 452 g/mol. The Kier molecular flexibility index (Phi) is 11.6. The van der Waals surface area contributed by atoms with E-state index in [1.807, 2.05) is 0 Å². The molecule has 0 radical (unpaired) electrons. The average Bonchev–Trinajstić information content (AvgIpc) is 2.81. The van der Waals surface area contributed by atoms with Gasteiger partial charge in [-0.15, -0.1) is 0 Å². The summed E-state index contributed by atoms with van der Waals surface area (Å²) in [5.74, 6) is 0. The quantitative estimate of drug-likeness (QED) is 0.128. The van der Waals surface area contributed by atoms with Crippen LogP contribution in [-0.4, -0.2) is 145 Å². The maximum Gasteiger partial charge on any atom is 0.407 e. The lowest BCUT2D eigenvalue weighted by molar-refractivity contribution is -0.367. The van der Waals surface area contributed by atoms with Crippen LogP contribution in [0, 0.1) is 0 Å². The highest BCUT2D eigenvalue weighted by atomic mass is 16.8. The number of nitrogens with one attached hydrogen (secondary N) is 1. The number of amides is 1. The van der Waals surface area contributed by atoms with Crippen molar-refractivity contribution in [1.82, 2.24) is 5.32 Å². The van der Waals surface area contributed by atoms with Crippen LogP contribution in [-0.2, 0) is 28.4 Å². The Labute approximate surface area is 189 Å². The van der Waals surface area contributed by atoms with Crippen molar-refractivity contribution in [2.45, 2.75) is 61.4 Å². The van der Waals surface area contributed by atoms with E-state index in [-0.39, 0.29) is 19.8 Å². The molecule has 2 rings (SSSR count). The fraction of sp³-hybridized carbons (Fsp3) is 0.944. The minimum absolute atomic E-state index is 0.0278. The zero-order valence-electron chi connectivity index (χ0n) is 18.1. The second-order valence-electron chi connectivity index (χ2n) is 7.41. The average molecular weight is 486 g/mol.